The SMILES string of the molecule is Cc1cc(NC(=O)C[C@H](C)c2ccccc2)n(C)n1. The van der Waals surface area contributed by atoms with Crippen molar-refractivity contribution >= 4 is 11.7 Å². The molecule has 19 heavy (non-hydrogen) atoms. The fraction of sp³-hybridized carbons (Fsp3) is 0.333. The summed E-state index contributed by atoms with van der Waals surface area (Å²) in [6, 6.07) is 11.9. The van der Waals surface area contributed by atoms with Crippen LogP contribution in [0.2, 0.25) is 0 Å². The molecule has 2 rings (SSSR count). The molecule has 1 aromatic carbocycles. The first kappa shape index (κ1) is 13.3. The van der Waals surface area contributed by atoms with E-state index in [-0.39, 0.29) is 11.8 Å². The van der Waals surface area contributed by atoms with Gasteiger partial charge in [0.2, 0.25) is 5.91 Å². The minimum Gasteiger partial charge on any atom is -0.311 e. The van der Waals surface area contributed by atoms with Crippen LogP contribution in [0, 0.1) is 6.92 Å². The van der Waals surface area contributed by atoms with Crippen molar-refractivity contribution in [3.8, 4) is 0 Å². The first-order valence-corrected chi connectivity index (χ1v) is 6.41. The summed E-state index contributed by atoms with van der Waals surface area (Å²) in [4.78, 5) is 12.0. The normalized spacial score (nSPS) is 12.2. The summed E-state index contributed by atoms with van der Waals surface area (Å²) in [5.41, 5.74) is 2.08. The predicted molar refractivity (Wildman–Crippen MR) is 76.0 cm³/mol. The molecule has 0 saturated carbocycles. The molecule has 0 unspecified atom stereocenters. The third kappa shape index (κ3) is 3.44. The number of carbonyl (C=O) groups excluding carboxylic acids is 1. The number of hydrogen-bond donors (Lipinski definition) is 1. The van der Waals surface area contributed by atoms with Crippen LogP contribution in [0.1, 0.15) is 30.5 Å². The van der Waals surface area contributed by atoms with Gasteiger partial charge in [0.15, 0.2) is 0 Å². The van der Waals surface area contributed by atoms with Crippen LogP contribution in [0.5, 0.6) is 0 Å². The molecule has 4 heteroatoms. The van der Waals surface area contributed by atoms with Gasteiger partial charge in [-0.15, -0.1) is 0 Å². The number of anilines is 1. The Bertz CT molecular complexity index is 560. The Balaban J connectivity index is 1.96. The van der Waals surface area contributed by atoms with E-state index in [1.807, 2.05) is 50.4 Å². The van der Waals surface area contributed by atoms with Crippen molar-refractivity contribution in [2.45, 2.75) is 26.2 Å². The fourth-order valence-corrected chi connectivity index (χ4v) is 2.10. The Morgan fingerprint density at radius 3 is 2.63 bits per heavy atom. The van der Waals surface area contributed by atoms with Crippen molar-refractivity contribution in [1.29, 1.82) is 0 Å². The molecule has 1 N–H and O–H groups in total. The van der Waals surface area contributed by atoms with E-state index in [9.17, 15) is 4.79 Å². The molecule has 1 heterocycles. The zero-order chi connectivity index (χ0) is 13.8. The average molecular weight is 257 g/mol. The molecule has 0 aliphatic rings. The van der Waals surface area contributed by atoms with Gasteiger partial charge in [0.1, 0.15) is 5.82 Å². The van der Waals surface area contributed by atoms with Crippen LogP contribution in [0.15, 0.2) is 36.4 Å². The van der Waals surface area contributed by atoms with Gasteiger partial charge in [-0.25, -0.2) is 0 Å². The maximum atomic E-state index is 12.0. The zero-order valence-corrected chi connectivity index (χ0v) is 11.6. The summed E-state index contributed by atoms with van der Waals surface area (Å²) in [6.45, 7) is 3.96. The van der Waals surface area contributed by atoms with Crippen LogP contribution >= 0.6 is 0 Å². The van der Waals surface area contributed by atoms with Gasteiger partial charge in [-0.1, -0.05) is 37.3 Å². The van der Waals surface area contributed by atoms with E-state index in [1.165, 1.54) is 5.56 Å². The molecule has 1 atom stereocenters. The van der Waals surface area contributed by atoms with Crippen molar-refractivity contribution in [3.63, 3.8) is 0 Å². The van der Waals surface area contributed by atoms with Gasteiger partial charge >= 0.3 is 0 Å². The Morgan fingerprint density at radius 2 is 2.05 bits per heavy atom. The lowest BCUT2D eigenvalue weighted by Crippen LogP contribution is -2.16. The lowest BCUT2D eigenvalue weighted by molar-refractivity contribution is -0.116. The number of aromatic nitrogens is 2. The summed E-state index contributed by atoms with van der Waals surface area (Å²) in [6.07, 6.45) is 0.467. The molecule has 2 aromatic rings. The molecule has 1 amide bonds. The van der Waals surface area contributed by atoms with Gasteiger partial charge in [-0.05, 0) is 18.4 Å². The smallest absolute Gasteiger partial charge is 0.226 e. The summed E-state index contributed by atoms with van der Waals surface area (Å²) in [5, 5.41) is 7.10. The summed E-state index contributed by atoms with van der Waals surface area (Å²) < 4.78 is 1.68. The minimum absolute atomic E-state index is 0.0133. The van der Waals surface area contributed by atoms with Crippen LogP contribution in [-0.4, -0.2) is 15.7 Å². The lowest BCUT2D eigenvalue weighted by Gasteiger charge is -2.11. The van der Waals surface area contributed by atoms with E-state index in [0.717, 1.165) is 11.5 Å². The van der Waals surface area contributed by atoms with Crippen LogP contribution in [0.3, 0.4) is 0 Å². The first-order valence-electron chi connectivity index (χ1n) is 6.41. The number of aryl methyl sites for hydroxylation is 2. The highest BCUT2D eigenvalue weighted by Crippen LogP contribution is 2.19. The molecule has 100 valence electrons. The molecular formula is C15H19N3O. The zero-order valence-electron chi connectivity index (χ0n) is 11.6. The van der Waals surface area contributed by atoms with E-state index in [1.54, 1.807) is 4.68 Å². The predicted octanol–water partition coefficient (Wildman–Crippen LogP) is 2.86. The van der Waals surface area contributed by atoms with Gasteiger partial charge in [-0.2, -0.15) is 5.10 Å². The maximum Gasteiger partial charge on any atom is 0.226 e. The van der Waals surface area contributed by atoms with Gasteiger partial charge in [-0.3, -0.25) is 9.48 Å². The standard InChI is InChI=1S/C15H19N3O/c1-11(13-7-5-4-6-8-13)9-15(19)16-14-10-12(2)17-18(14)3/h4-8,10-11H,9H2,1-3H3,(H,16,19)/t11-/m0/s1. The molecule has 0 fully saturated rings. The van der Waals surface area contributed by atoms with Crippen LogP contribution in [-0.2, 0) is 11.8 Å². The van der Waals surface area contributed by atoms with E-state index in [0.29, 0.717) is 6.42 Å². The third-order valence-electron chi connectivity index (χ3n) is 3.13. The molecule has 0 radical (unpaired) electrons. The van der Waals surface area contributed by atoms with Crippen molar-refractivity contribution in [3.05, 3.63) is 47.7 Å². The van der Waals surface area contributed by atoms with Gasteiger partial charge in [0.25, 0.3) is 0 Å². The van der Waals surface area contributed by atoms with E-state index in [4.69, 9.17) is 0 Å². The number of benzene rings is 1. The van der Waals surface area contributed by atoms with E-state index in [2.05, 4.69) is 17.3 Å². The average Bonchev–Trinajstić information content (AvgIpc) is 2.68. The second-order valence-electron chi connectivity index (χ2n) is 4.86. The second kappa shape index (κ2) is 5.69. The molecule has 1 aromatic heterocycles. The van der Waals surface area contributed by atoms with Crippen LogP contribution < -0.4 is 5.32 Å². The molecule has 0 bridgehead atoms. The highest BCUT2D eigenvalue weighted by atomic mass is 16.1. The van der Waals surface area contributed by atoms with E-state index >= 15 is 0 Å². The quantitative estimate of drug-likeness (QED) is 0.915. The van der Waals surface area contributed by atoms with Gasteiger partial charge in [0, 0.05) is 19.5 Å². The highest BCUT2D eigenvalue weighted by molar-refractivity contribution is 5.90. The number of rotatable bonds is 4. The molecule has 0 saturated heterocycles. The van der Waals surface area contributed by atoms with Crippen molar-refractivity contribution < 1.29 is 4.79 Å². The Labute approximate surface area is 113 Å². The monoisotopic (exact) mass is 257 g/mol. The number of hydrogen-bond acceptors (Lipinski definition) is 2. The summed E-state index contributed by atoms with van der Waals surface area (Å²) in [5.74, 6) is 0.956. The maximum absolute atomic E-state index is 12.0. The minimum atomic E-state index is 0.0133. The lowest BCUT2D eigenvalue weighted by atomic mass is 9.98. The molecule has 0 spiro atoms. The topological polar surface area (TPSA) is 46.9 Å². The van der Waals surface area contributed by atoms with Gasteiger partial charge in [0.05, 0.1) is 5.69 Å². The molecule has 4 nitrogen and oxygen atoms in total. The number of nitrogens with one attached hydrogen (secondary N) is 1. The number of carbonyl (C=O) groups is 1. The van der Waals surface area contributed by atoms with Crippen molar-refractivity contribution in [1.82, 2.24) is 9.78 Å². The summed E-state index contributed by atoms with van der Waals surface area (Å²) >= 11 is 0. The number of nitrogens with zero attached hydrogens (tertiary/aromatic N) is 2. The Morgan fingerprint density at radius 1 is 1.37 bits per heavy atom. The third-order valence-corrected chi connectivity index (χ3v) is 3.13. The Hall–Kier alpha value is -2.10. The summed E-state index contributed by atoms with van der Waals surface area (Å²) in [7, 11) is 1.82. The highest BCUT2D eigenvalue weighted by Gasteiger charge is 2.12. The molecule has 0 aliphatic carbocycles. The largest absolute Gasteiger partial charge is 0.311 e. The van der Waals surface area contributed by atoms with Gasteiger partial charge < -0.3 is 5.32 Å². The number of amides is 1. The van der Waals surface area contributed by atoms with Crippen LogP contribution in [0.25, 0.3) is 0 Å². The Kier molecular flexibility index (Phi) is 4.00. The second-order valence-corrected chi connectivity index (χ2v) is 4.86. The van der Waals surface area contributed by atoms with E-state index < -0.39 is 0 Å². The fourth-order valence-electron chi connectivity index (χ4n) is 2.10. The molecule has 0 aliphatic heterocycles. The van der Waals surface area contributed by atoms with Crippen LogP contribution in [0.4, 0.5) is 5.82 Å². The van der Waals surface area contributed by atoms with Crippen molar-refractivity contribution in [2.24, 2.45) is 7.05 Å². The van der Waals surface area contributed by atoms with Crippen molar-refractivity contribution in [2.75, 3.05) is 5.32 Å². The molecular weight excluding hydrogens is 238 g/mol. The first-order chi connectivity index (χ1) is 9.06.